The van der Waals surface area contributed by atoms with Gasteiger partial charge in [0.15, 0.2) is 0 Å². The highest BCUT2D eigenvalue weighted by Gasteiger charge is 2.58. The lowest BCUT2D eigenvalue weighted by Gasteiger charge is -2.31. The Bertz CT molecular complexity index is 403. The van der Waals surface area contributed by atoms with E-state index in [9.17, 15) is 15.0 Å². The monoisotopic (exact) mass is 252 g/mol. The predicted octanol–water partition coefficient (Wildman–Crippen LogP) is 1.03. The third-order valence-electron chi connectivity index (χ3n) is 5.39. The molecular weight excluding hydrogens is 232 g/mol. The van der Waals surface area contributed by atoms with Crippen LogP contribution in [-0.2, 0) is 4.79 Å². The van der Waals surface area contributed by atoms with Crippen LogP contribution in [0.15, 0.2) is 11.6 Å². The molecular formula is C14H20O4. The van der Waals surface area contributed by atoms with Gasteiger partial charge in [0.05, 0.1) is 12.2 Å². The van der Waals surface area contributed by atoms with Crippen LogP contribution in [0.2, 0.25) is 0 Å². The minimum Gasteiger partial charge on any atom is -0.478 e. The summed E-state index contributed by atoms with van der Waals surface area (Å²) in [6.45, 7) is 1.64. The first-order valence-corrected chi connectivity index (χ1v) is 6.77. The third kappa shape index (κ3) is 1.62. The molecule has 0 heterocycles. The Labute approximate surface area is 106 Å². The van der Waals surface area contributed by atoms with Crippen molar-refractivity contribution in [3.8, 4) is 0 Å². The molecule has 3 aliphatic rings. The van der Waals surface area contributed by atoms with Gasteiger partial charge in [-0.2, -0.15) is 0 Å². The Hall–Kier alpha value is -0.870. The Morgan fingerprint density at radius 2 is 1.89 bits per heavy atom. The van der Waals surface area contributed by atoms with Gasteiger partial charge < -0.3 is 15.3 Å². The van der Waals surface area contributed by atoms with Crippen LogP contribution < -0.4 is 0 Å². The number of fused-ring (bicyclic) bond motifs is 5. The summed E-state index contributed by atoms with van der Waals surface area (Å²) in [4.78, 5) is 10.9. The molecule has 7 atom stereocenters. The summed E-state index contributed by atoms with van der Waals surface area (Å²) in [5.74, 6) is 1.04. The second-order valence-corrected chi connectivity index (χ2v) is 6.25. The van der Waals surface area contributed by atoms with Crippen molar-refractivity contribution in [1.82, 2.24) is 0 Å². The van der Waals surface area contributed by atoms with Crippen molar-refractivity contribution in [2.75, 3.05) is 0 Å². The Morgan fingerprint density at radius 1 is 1.17 bits per heavy atom. The van der Waals surface area contributed by atoms with E-state index in [1.165, 1.54) is 0 Å². The molecule has 0 aromatic carbocycles. The molecule has 0 amide bonds. The summed E-state index contributed by atoms with van der Waals surface area (Å²) in [6.07, 6.45) is 3.50. The average molecular weight is 252 g/mol. The number of aliphatic hydroxyl groups is 2. The van der Waals surface area contributed by atoms with E-state index in [-0.39, 0.29) is 5.92 Å². The molecule has 18 heavy (non-hydrogen) atoms. The molecule has 3 fully saturated rings. The number of hydrogen-bond acceptors (Lipinski definition) is 3. The van der Waals surface area contributed by atoms with E-state index in [1.807, 2.05) is 6.08 Å². The highest BCUT2D eigenvalue weighted by atomic mass is 16.4. The first-order valence-electron chi connectivity index (χ1n) is 6.77. The van der Waals surface area contributed by atoms with Crippen LogP contribution in [0.25, 0.3) is 0 Å². The van der Waals surface area contributed by atoms with Gasteiger partial charge >= 0.3 is 5.97 Å². The van der Waals surface area contributed by atoms with Crippen LogP contribution in [0.5, 0.6) is 0 Å². The lowest BCUT2D eigenvalue weighted by atomic mass is 9.75. The summed E-state index contributed by atoms with van der Waals surface area (Å²) in [5, 5.41) is 28.7. The molecule has 0 saturated heterocycles. The topological polar surface area (TPSA) is 77.8 Å². The van der Waals surface area contributed by atoms with Gasteiger partial charge in [0.25, 0.3) is 0 Å². The van der Waals surface area contributed by atoms with Crippen molar-refractivity contribution in [2.45, 2.75) is 38.4 Å². The van der Waals surface area contributed by atoms with E-state index in [1.54, 1.807) is 6.92 Å². The number of allylic oxidation sites excluding steroid dienone is 1. The number of hydrogen-bond donors (Lipinski definition) is 3. The molecule has 0 spiro atoms. The molecule has 3 N–H and O–H groups in total. The molecule has 3 aliphatic carbocycles. The fourth-order valence-corrected chi connectivity index (χ4v) is 4.71. The van der Waals surface area contributed by atoms with E-state index < -0.39 is 18.2 Å². The van der Waals surface area contributed by atoms with Crippen LogP contribution >= 0.6 is 0 Å². The Balaban J connectivity index is 1.79. The smallest absolute Gasteiger partial charge is 0.330 e. The molecule has 0 radical (unpaired) electrons. The molecule has 4 heteroatoms. The molecule has 3 rings (SSSR count). The van der Waals surface area contributed by atoms with E-state index in [2.05, 4.69) is 0 Å². The summed E-state index contributed by atoms with van der Waals surface area (Å²) < 4.78 is 0. The fraction of sp³-hybridized carbons (Fsp3) is 0.786. The van der Waals surface area contributed by atoms with Gasteiger partial charge in [-0.3, -0.25) is 0 Å². The first-order chi connectivity index (χ1) is 8.49. The highest BCUT2D eigenvalue weighted by molar-refractivity contribution is 5.85. The lowest BCUT2D eigenvalue weighted by molar-refractivity contribution is -0.132. The van der Waals surface area contributed by atoms with Crippen molar-refractivity contribution in [3.05, 3.63) is 11.6 Å². The number of carboxylic acid groups (broad SMARTS) is 1. The van der Waals surface area contributed by atoms with Gasteiger partial charge in [-0.15, -0.1) is 0 Å². The highest BCUT2D eigenvalue weighted by Crippen LogP contribution is 2.61. The summed E-state index contributed by atoms with van der Waals surface area (Å²) in [7, 11) is 0. The maximum Gasteiger partial charge on any atom is 0.330 e. The second-order valence-electron chi connectivity index (χ2n) is 6.25. The third-order valence-corrected chi connectivity index (χ3v) is 5.39. The van der Waals surface area contributed by atoms with Crippen LogP contribution in [0.3, 0.4) is 0 Å². The molecule has 0 aromatic heterocycles. The standard InChI is InChI=1S/C14H20O4/c1-6(14(17)18)2-7-3-8-4-9(7)10-5-11(15)13(16)12(8)10/h2,7-13,15-16H,3-5H2,1H3,(H,17,18). The number of aliphatic hydroxyl groups excluding tert-OH is 2. The summed E-state index contributed by atoms with van der Waals surface area (Å²) in [5.41, 5.74) is 0.420. The Morgan fingerprint density at radius 3 is 2.56 bits per heavy atom. The molecule has 7 unspecified atom stereocenters. The normalized spacial score (nSPS) is 50.6. The number of aliphatic carboxylic acids is 1. The molecule has 100 valence electrons. The van der Waals surface area contributed by atoms with Crippen molar-refractivity contribution in [1.29, 1.82) is 0 Å². The van der Waals surface area contributed by atoms with E-state index in [0.29, 0.717) is 35.7 Å². The van der Waals surface area contributed by atoms with Gasteiger partial charge in [0.2, 0.25) is 0 Å². The van der Waals surface area contributed by atoms with Crippen LogP contribution in [-0.4, -0.2) is 33.5 Å². The minimum absolute atomic E-state index is 0.250. The zero-order valence-electron chi connectivity index (χ0n) is 10.5. The van der Waals surface area contributed by atoms with Gasteiger partial charge in [-0.25, -0.2) is 4.79 Å². The van der Waals surface area contributed by atoms with E-state index >= 15 is 0 Å². The van der Waals surface area contributed by atoms with Crippen molar-refractivity contribution in [2.24, 2.45) is 29.6 Å². The summed E-state index contributed by atoms with van der Waals surface area (Å²) in [6, 6.07) is 0. The summed E-state index contributed by atoms with van der Waals surface area (Å²) >= 11 is 0. The molecule has 0 aromatic rings. The largest absolute Gasteiger partial charge is 0.478 e. The van der Waals surface area contributed by atoms with Crippen LogP contribution in [0.4, 0.5) is 0 Å². The number of carbonyl (C=O) groups is 1. The molecule has 4 nitrogen and oxygen atoms in total. The lowest BCUT2D eigenvalue weighted by Crippen LogP contribution is -2.31. The van der Waals surface area contributed by atoms with Gasteiger partial charge in [0, 0.05) is 5.57 Å². The average Bonchev–Trinajstić information content (AvgIpc) is 2.92. The Kier molecular flexibility index (Phi) is 2.75. The number of rotatable bonds is 2. The van der Waals surface area contributed by atoms with Crippen LogP contribution in [0, 0.1) is 29.6 Å². The van der Waals surface area contributed by atoms with Crippen molar-refractivity contribution < 1.29 is 20.1 Å². The number of carboxylic acids is 1. The van der Waals surface area contributed by atoms with Gasteiger partial charge in [-0.05, 0) is 55.8 Å². The van der Waals surface area contributed by atoms with Gasteiger partial charge in [-0.1, -0.05) is 6.08 Å². The molecule has 0 aliphatic heterocycles. The van der Waals surface area contributed by atoms with Gasteiger partial charge in [0.1, 0.15) is 0 Å². The maximum absolute atomic E-state index is 10.9. The fourth-order valence-electron chi connectivity index (χ4n) is 4.71. The van der Waals surface area contributed by atoms with Crippen molar-refractivity contribution >= 4 is 5.97 Å². The zero-order chi connectivity index (χ0) is 13.0. The molecule has 3 saturated carbocycles. The predicted molar refractivity (Wildman–Crippen MR) is 64.7 cm³/mol. The van der Waals surface area contributed by atoms with E-state index in [4.69, 9.17) is 5.11 Å². The van der Waals surface area contributed by atoms with Crippen LogP contribution in [0.1, 0.15) is 26.2 Å². The quantitative estimate of drug-likeness (QED) is 0.641. The van der Waals surface area contributed by atoms with Crippen molar-refractivity contribution in [3.63, 3.8) is 0 Å². The SMILES string of the molecule is CC(=CC1CC2CC1C1CC(O)C(O)C21)C(=O)O. The maximum atomic E-state index is 10.9. The molecule has 2 bridgehead atoms. The van der Waals surface area contributed by atoms with E-state index in [0.717, 1.165) is 12.8 Å². The zero-order valence-corrected chi connectivity index (χ0v) is 10.5. The first kappa shape index (κ1) is 12.2. The second kappa shape index (κ2) is 4.07. The minimum atomic E-state index is -0.846.